The monoisotopic (exact) mass is 266 g/mol. The van der Waals surface area contributed by atoms with Gasteiger partial charge in [0.1, 0.15) is 19.2 Å². The number of carboxylic acids is 1. The van der Waals surface area contributed by atoms with Gasteiger partial charge in [-0.3, -0.25) is 14.4 Å². The van der Waals surface area contributed by atoms with E-state index in [9.17, 15) is 14.4 Å². The molecule has 0 bridgehead atoms. The van der Waals surface area contributed by atoms with E-state index >= 15 is 0 Å². The lowest BCUT2D eigenvalue weighted by Crippen LogP contribution is -2.42. The van der Waals surface area contributed by atoms with Gasteiger partial charge in [-0.2, -0.15) is 0 Å². The van der Waals surface area contributed by atoms with Gasteiger partial charge in [0.05, 0.1) is 0 Å². The normalized spacial score (nSPS) is 11.4. The van der Waals surface area contributed by atoms with Crippen LogP contribution >= 0.6 is 0 Å². The van der Waals surface area contributed by atoms with Gasteiger partial charge in [-0.1, -0.05) is 30.3 Å². The molecule has 0 fully saturated rings. The van der Waals surface area contributed by atoms with Crippen molar-refractivity contribution in [3.05, 3.63) is 35.9 Å². The molecular formula is C12H14N2O5. The molecule has 0 aliphatic heterocycles. The summed E-state index contributed by atoms with van der Waals surface area (Å²) in [5, 5.41) is 21.7. The van der Waals surface area contributed by atoms with Gasteiger partial charge in [-0.05, 0) is 5.56 Å². The van der Waals surface area contributed by atoms with Crippen LogP contribution in [-0.2, 0) is 14.4 Å². The van der Waals surface area contributed by atoms with Crippen molar-refractivity contribution >= 4 is 17.8 Å². The van der Waals surface area contributed by atoms with Crippen LogP contribution < -0.4 is 10.6 Å². The number of benzene rings is 1. The molecule has 7 heteroatoms. The largest absolute Gasteiger partial charge is 0.480 e. The fraction of sp³-hybridized carbons (Fsp3) is 0.250. The summed E-state index contributed by atoms with van der Waals surface area (Å²) in [4.78, 5) is 33.4. The maximum absolute atomic E-state index is 11.8. The molecular weight excluding hydrogens is 252 g/mol. The third-order valence-corrected chi connectivity index (χ3v) is 2.26. The minimum absolute atomic E-state index is 0.493. The maximum Gasteiger partial charge on any atom is 0.322 e. The molecule has 0 aliphatic carbocycles. The summed E-state index contributed by atoms with van der Waals surface area (Å²) >= 11 is 0. The highest BCUT2D eigenvalue weighted by molar-refractivity contribution is 5.90. The molecule has 102 valence electrons. The molecule has 0 saturated carbocycles. The number of hydrogen-bond donors (Lipinski definition) is 4. The van der Waals surface area contributed by atoms with Gasteiger partial charge >= 0.3 is 5.97 Å². The number of carbonyl (C=O) groups is 3. The van der Waals surface area contributed by atoms with Crippen LogP contribution in [0.3, 0.4) is 0 Å². The first kappa shape index (κ1) is 14.7. The molecule has 0 aliphatic rings. The molecule has 1 atom stereocenters. The van der Waals surface area contributed by atoms with Crippen LogP contribution in [0.1, 0.15) is 11.6 Å². The molecule has 7 nitrogen and oxygen atoms in total. The predicted molar refractivity (Wildman–Crippen MR) is 65.1 cm³/mol. The molecule has 0 aromatic heterocycles. The summed E-state index contributed by atoms with van der Waals surface area (Å²) in [5.74, 6) is -2.57. The highest BCUT2D eigenvalue weighted by Gasteiger charge is 2.22. The second-order valence-corrected chi connectivity index (χ2v) is 3.68. The molecule has 1 aromatic rings. The van der Waals surface area contributed by atoms with E-state index in [0.717, 1.165) is 0 Å². The maximum atomic E-state index is 11.8. The molecule has 0 radical (unpaired) electrons. The molecule has 0 spiro atoms. The van der Waals surface area contributed by atoms with Gasteiger partial charge in [0.15, 0.2) is 0 Å². The van der Waals surface area contributed by atoms with Gasteiger partial charge in [0.25, 0.3) is 0 Å². The Morgan fingerprint density at radius 3 is 2.32 bits per heavy atom. The van der Waals surface area contributed by atoms with E-state index in [4.69, 9.17) is 10.2 Å². The fourth-order valence-electron chi connectivity index (χ4n) is 1.42. The summed E-state index contributed by atoms with van der Waals surface area (Å²) in [6, 6.07) is 7.28. The zero-order valence-corrected chi connectivity index (χ0v) is 10.00. The van der Waals surface area contributed by atoms with E-state index in [1.807, 2.05) is 0 Å². The predicted octanol–water partition coefficient (Wildman–Crippen LogP) is -0.963. The molecule has 2 amide bonds. The average Bonchev–Trinajstić information content (AvgIpc) is 2.42. The van der Waals surface area contributed by atoms with Crippen molar-refractivity contribution in [1.82, 2.24) is 10.6 Å². The summed E-state index contributed by atoms with van der Waals surface area (Å²) in [7, 11) is 0. The molecule has 4 N–H and O–H groups in total. The SMILES string of the molecule is O=C(O)CNC(=O)C(NC(=O)CO)c1ccccc1. The van der Waals surface area contributed by atoms with Crippen LogP contribution in [0.5, 0.6) is 0 Å². The first-order valence-corrected chi connectivity index (χ1v) is 5.49. The van der Waals surface area contributed by atoms with E-state index in [1.54, 1.807) is 30.3 Å². The highest BCUT2D eigenvalue weighted by atomic mass is 16.4. The van der Waals surface area contributed by atoms with Crippen molar-refractivity contribution < 1.29 is 24.6 Å². The lowest BCUT2D eigenvalue weighted by molar-refractivity contribution is -0.138. The van der Waals surface area contributed by atoms with Crippen molar-refractivity contribution in [2.75, 3.05) is 13.2 Å². The second kappa shape index (κ2) is 7.12. The number of aliphatic carboxylic acids is 1. The highest BCUT2D eigenvalue weighted by Crippen LogP contribution is 2.12. The Hall–Kier alpha value is -2.41. The summed E-state index contributed by atoms with van der Waals surface area (Å²) in [5.41, 5.74) is 0.493. The number of carbonyl (C=O) groups excluding carboxylic acids is 2. The average molecular weight is 266 g/mol. The van der Waals surface area contributed by atoms with Gasteiger partial charge in [-0.25, -0.2) is 0 Å². The van der Waals surface area contributed by atoms with E-state index in [2.05, 4.69) is 10.6 Å². The topological polar surface area (TPSA) is 116 Å². The Morgan fingerprint density at radius 1 is 1.16 bits per heavy atom. The third-order valence-electron chi connectivity index (χ3n) is 2.26. The fourth-order valence-corrected chi connectivity index (χ4v) is 1.42. The smallest absolute Gasteiger partial charge is 0.322 e. The zero-order chi connectivity index (χ0) is 14.3. The minimum Gasteiger partial charge on any atom is -0.480 e. The van der Waals surface area contributed by atoms with Crippen LogP contribution in [0.4, 0.5) is 0 Å². The van der Waals surface area contributed by atoms with E-state index in [-0.39, 0.29) is 0 Å². The zero-order valence-electron chi connectivity index (χ0n) is 10.00. The Bertz CT molecular complexity index is 460. The molecule has 0 saturated heterocycles. The molecule has 0 heterocycles. The standard InChI is InChI=1S/C12H14N2O5/c15-7-9(16)14-11(8-4-2-1-3-5-8)12(19)13-6-10(17)18/h1-5,11,15H,6-7H2,(H,13,19)(H,14,16)(H,17,18). The Balaban J connectivity index is 2.83. The summed E-state index contributed by atoms with van der Waals surface area (Å²) < 4.78 is 0. The van der Waals surface area contributed by atoms with Gasteiger partial charge in [0, 0.05) is 0 Å². The molecule has 1 aromatic carbocycles. The van der Waals surface area contributed by atoms with E-state index < -0.39 is 37.0 Å². The molecule has 19 heavy (non-hydrogen) atoms. The van der Waals surface area contributed by atoms with E-state index in [0.29, 0.717) is 5.56 Å². The van der Waals surface area contributed by atoms with Crippen molar-refractivity contribution in [1.29, 1.82) is 0 Å². The third kappa shape index (κ3) is 4.76. The lowest BCUT2D eigenvalue weighted by atomic mass is 10.1. The molecule has 1 rings (SSSR count). The second-order valence-electron chi connectivity index (χ2n) is 3.68. The quantitative estimate of drug-likeness (QED) is 0.529. The van der Waals surface area contributed by atoms with Crippen LogP contribution in [0.25, 0.3) is 0 Å². The lowest BCUT2D eigenvalue weighted by Gasteiger charge is -2.17. The number of rotatable bonds is 6. The van der Waals surface area contributed by atoms with Crippen LogP contribution in [0.2, 0.25) is 0 Å². The van der Waals surface area contributed by atoms with Crippen molar-refractivity contribution in [2.24, 2.45) is 0 Å². The number of hydrogen-bond acceptors (Lipinski definition) is 4. The first-order valence-electron chi connectivity index (χ1n) is 5.49. The summed E-state index contributed by atoms with van der Waals surface area (Å²) in [6.07, 6.45) is 0. The van der Waals surface area contributed by atoms with Crippen molar-refractivity contribution in [3.63, 3.8) is 0 Å². The Labute approximate surface area is 109 Å². The number of nitrogens with one attached hydrogen (secondary N) is 2. The molecule has 1 unspecified atom stereocenters. The number of carboxylic acid groups (broad SMARTS) is 1. The number of amides is 2. The van der Waals surface area contributed by atoms with Crippen LogP contribution in [-0.4, -0.2) is 41.1 Å². The van der Waals surface area contributed by atoms with Gasteiger partial charge in [-0.15, -0.1) is 0 Å². The number of aliphatic hydroxyl groups excluding tert-OH is 1. The van der Waals surface area contributed by atoms with E-state index in [1.165, 1.54) is 0 Å². The number of aliphatic hydroxyl groups is 1. The van der Waals surface area contributed by atoms with Gasteiger partial charge in [0.2, 0.25) is 11.8 Å². The minimum atomic E-state index is -1.19. The van der Waals surface area contributed by atoms with Crippen LogP contribution in [0.15, 0.2) is 30.3 Å². The van der Waals surface area contributed by atoms with Gasteiger partial charge < -0.3 is 20.8 Å². The van der Waals surface area contributed by atoms with Crippen molar-refractivity contribution in [3.8, 4) is 0 Å². The Kier molecular flexibility index (Phi) is 5.49. The Morgan fingerprint density at radius 2 is 1.79 bits per heavy atom. The first-order chi connectivity index (χ1) is 9.04. The van der Waals surface area contributed by atoms with Crippen molar-refractivity contribution in [2.45, 2.75) is 6.04 Å². The van der Waals surface area contributed by atoms with Crippen LogP contribution in [0, 0.1) is 0 Å². The summed E-state index contributed by atoms with van der Waals surface area (Å²) in [6.45, 7) is -1.30.